The molecule has 0 unspecified atom stereocenters. The summed E-state index contributed by atoms with van der Waals surface area (Å²) in [6, 6.07) is 7.67. The van der Waals surface area contributed by atoms with Crippen LogP contribution in [0.5, 0.6) is 0 Å². The number of hydrogen-bond acceptors (Lipinski definition) is 5. The van der Waals surface area contributed by atoms with E-state index in [1.54, 1.807) is 18.0 Å². The summed E-state index contributed by atoms with van der Waals surface area (Å²) in [5.74, 6) is 3.12. The van der Waals surface area contributed by atoms with Crippen molar-refractivity contribution in [2.45, 2.75) is 18.6 Å². The predicted molar refractivity (Wildman–Crippen MR) is 65.2 cm³/mol. The topological polar surface area (TPSA) is 63.0 Å². The van der Waals surface area contributed by atoms with E-state index in [1.807, 2.05) is 18.2 Å². The molecule has 0 amide bonds. The van der Waals surface area contributed by atoms with E-state index >= 15 is 0 Å². The molecule has 5 heteroatoms. The third kappa shape index (κ3) is 3.40. The van der Waals surface area contributed by atoms with E-state index in [1.165, 1.54) is 0 Å². The number of rotatable bonds is 6. The van der Waals surface area contributed by atoms with Crippen LogP contribution >= 0.6 is 11.8 Å². The van der Waals surface area contributed by atoms with Gasteiger partial charge in [-0.1, -0.05) is 5.16 Å². The van der Waals surface area contributed by atoms with Crippen LogP contribution in [-0.2, 0) is 5.75 Å². The van der Waals surface area contributed by atoms with Gasteiger partial charge in [-0.15, -0.1) is 0 Å². The molecule has 0 radical (unpaired) electrons. The lowest BCUT2D eigenvalue weighted by Gasteiger charge is -1.94. The van der Waals surface area contributed by atoms with Crippen molar-refractivity contribution in [3.63, 3.8) is 0 Å². The molecule has 2 rings (SSSR count). The number of nitrogens with zero attached hydrogens (tertiary/aromatic N) is 2. The highest BCUT2D eigenvalue weighted by Gasteiger charge is 2.08. The maximum atomic E-state index is 8.39. The van der Waals surface area contributed by atoms with Crippen LogP contribution in [0.3, 0.4) is 0 Å². The molecule has 2 heterocycles. The zero-order chi connectivity index (χ0) is 11.9. The first-order chi connectivity index (χ1) is 8.40. The molecule has 0 aromatic carbocycles. The van der Waals surface area contributed by atoms with Crippen LogP contribution in [-0.4, -0.2) is 10.9 Å². The summed E-state index contributed by atoms with van der Waals surface area (Å²) in [5.41, 5.74) is 0.901. The zero-order valence-corrected chi connectivity index (χ0v) is 10.1. The molecule has 2 aromatic heterocycles. The van der Waals surface area contributed by atoms with Crippen molar-refractivity contribution in [2.24, 2.45) is 0 Å². The van der Waals surface area contributed by atoms with Gasteiger partial charge in [0.1, 0.15) is 0 Å². The Hall–Kier alpha value is -1.67. The highest BCUT2D eigenvalue weighted by molar-refractivity contribution is 7.98. The fourth-order valence-electron chi connectivity index (χ4n) is 1.34. The molecule has 0 aliphatic rings. The molecular formula is C12H12N2O2S. The summed E-state index contributed by atoms with van der Waals surface area (Å²) in [5, 5.41) is 12.4. The van der Waals surface area contributed by atoms with Crippen molar-refractivity contribution >= 4 is 11.8 Å². The average Bonchev–Trinajstić information content (AvgIpc) is 2.99. The first kappa shape index (κ1) is 11.8. The molecule has 0 atom stereocenters. The van der Waals surface area contributed by atoms with Crippen LogP contribution in [0, 0.1) is 11.3 Å². The monoisotopic (exact) mass is 248 g/mol. The molecule has 4 nitrogen and oxygen atoms in total. The molecule has 0 spiro atoms. The molecule has 17 heavy (non-hydrogen) atoms. The Morgan fingerprint density at radius 2 is 2.35 bits per heavy atom. The molecule has 0 saturated heterocycles. The number of nitriles is 1. The standard InChI is InChI=1S/C12H12N2O2S/c13-5-1-2-7-17-9-10-8-12(16-14-10)11-4-3-6-15-11/h3-4,6,8H,1-2,7,9H2. The van der Waals surface area contributed by atoms with E-state index in [2.05, 4.69) is 11.2 Å². The molecule has 2 aromatic rings. The van der Waals surface area contributed by atoms with E-state index in [4.69, 9.17) is 14.2 Å². The first-order valence-electron chi connectivity index (χ1n) is 5.34. The van der Waals surface area contributed by atoms with Gasteiger partial charge >= 0.3 is 0 Å². The summed E-state index contributed by atoms with van der Waals surface area (Å²) >= 11 is 1.75. The molecular weight excluding hydrogens is 236 g/mol. The van der Waals surface area contributed by atoms with Gasteiger partial charge in [-0.05, 0) is 24.3 Å². The van der Waals surface area contributed by atoms with Crippen LogP contribution in [0.15, 0.2) is 33.4 Å². The lowest BCUT2D eigenvalue weighted by Crippen LogP contribution is -1.82. The van der Waals surface area contributed by atoms with Gasteiger partial charge in [0, 0.05) is 18.2 Å². The van der Waals surface area contributed by atoms with E-state index in [0.29, 0.717) is 17.9 Å². The van der Waals surface area contributed by atoms with E-state index in [-0.39, 0.29) is 0 Å². The third-order valence-electron chi connectivity index (χ3n) is 2.15. The minimum absolute atomic E-state index is 0.615. The molecule has 88 valence electrons. The van der Waals surface area contributed by atoms with Gasteiger partial charge in [-0.25, -0.2) is 0 Å². The smallest absolute Gasteiger partial charge is 0.202 e. The molecule has 0 fully saturated rings. The molecule has 0 aliphatic heterocycles. The molecule has 0 aliphatic carbocycles. The van der Waals surface area contributed by atoms with Crippen LogP contribution < -0.4 is 0 Å². The highest BCUT2D eigenvalue weighted by Crippen LogP contribution is 2.22. The van der Waals surface area contributed by atoms with Gasteiger partial charge in [0.25, 0.3) is 0 Å². The summed E-state index contributed by atoms with van der Waals surface area (Å²) < 4.78 is 10.4. The van der Waals surface area contributed by atoms with Gasteiger partial charge in [-0.3, -0.25) is 0 Å². The van der Waals surface area contributed by atoms with Crippen LogP contribution in [0.25, 0.3) is 11.5 Å². The summed E-state index contributed by atoms with van der Waals surface area (Å²) in [4.78, 5) is 0. The van der Waals surface area contributed by atoms with Crippen molar-refractivity contribution in [1.29, 1.82) is 5.26 Å². The van der Waals surface area contributed by atoms with E-state index in [0.717, 1.165) is 23.6 Å². The maximum Gasteiger partial charge on any atom is 0.202 e. The molecule has 0 bridgehead atoms. The largest absolute Gasteiger partial charge is 0.461 e. The van der Waals surface area contributed by atoms with E-state index in [9.17, 15) is 0 Å². The fraction of sp³-hybridized carbons (Fsp3) is 0.333. The molecule has 0 saturated carbocycles. The second-order valence-electron chi connectivity index (χ2n) is 3.47. The number of unbranched alkanes of at least 4 members (excludes halogenated alkanes) is 1. The average molecular weight is 248 g/mol. The normalized spacial score (nSPS) is 10.3. The zero-order valence-electron chi connectivity index (χ0n) is 9.26. The molecule has 0 N–H and O–H groups in total. The number of thioether (sulfide) groups is 1. The van der Waals surface area contributed by atoms with Gasteiger partial charge in [0.2, 0.25) is 5.76 Å². The van der Waals surface area contributed by atoms with Crippen LogP contribution in [0.4, 0.5) is 0 Å². The summed E-state index contributed by atoms with van der Waals surface area (Å²) in [6.07, 6.45) is 3.14. The minimum atomic E-state index is 0.615. The lowest BCUT2D eigenvalue weighted by molar-refractivity contribution is 0.413. The Labute approximate surface area is 104 Å². The summed E-state index contributed by atoms with van der Waals surface area (Å²) in [7, 11) is 0. The number of aromatic nitrogens is 1. The van der Waals surface area contributed by atoms with Crippen LogP contribution in [0.2, 0.25) is 0 Å². The fourth-order valence-corrected chi connectivity index (χ4v) is 2.18. The Morgan fingerprint density at radius 1 is 1.41 bits per heavy atom. The SMILES string of the molecule is N#CCCCSCc1cc(-c2ccco2)on1. The van der Waals surface area contributed by atoms with Gasteiger partial charge in [0.15, 0.2) is 5.76 Å². The third-order valence-corrected chi connectivity index (χ3v) is 3.23. The Bertz CT molecular complexity index is 485. The first-order valence-corrected chi connectivity index (χ1v) is 6.50. The second kappa shape index (κ2) is 6.16. The van der Waals surface area contributed by atoms with Gasteiger partial charge < -0.3 is 8.94 Å². The Morgan fingerprint density at radius 3 is 3.12 bits per heavy atom. The van der Waals surface area contributed by atoms with Gasteiger partial charge in [0.05, 0.1) is 18.0 Å². The predicted octanol–water partition coefficient (Wildman–Crippen LogP) is 3.47. The van der Waals surface area contributed by atoms with Crippen molar-refractivity contribution < 1.29 is 8.94 Å². The van der Waals surface area contributed by atoms with Crippen molar-refractivity contribution in [3.05, 3.63) is 30.2 Å². The number of furan rings is 1. The number of hydrogen-bond donors (Lipinski definition) is 0. The van der Waals surface area contributed by atoms with Crippen molar-refractivity contribution in [1.82, 2.24) is 5.16 Å². The van der Waals surface area contributed by atoms with Crippen molar-refractivity contribution in [2.75, 3.05) is 5.75 Å². The van der Waals surface area contributed by atoms with Crippen LogP contribution in [0.1, 0.15) is 18.5 Å². The minimum Gasteiger partial charge on any atom is -0.461 e. The lowest BCUT2D eigenvalue weighted by atomic mass is 10.3. The van der Waals surface area contributed by atoms with Crippen molar-refractivity contribution in [3.8, 4) is 17.6 Å². The maximum absolute atomic E-state index is 8.39. The van der Waals surface area contributed by atoms with Gasteiger partial charge in [-0.2, -0.15) is 17.0 Å². The Balaban J connectivity index is 1.81. The Kier molecular flexibility index (Phi) is 4.28. The van der Waals surface area contributed by atoms with E-state index < -0.39 is 0 Å². The highest BCUT2D eigenvalue weighted by atomic mass is 32.2. The second-order valence-corrected chi connectivity index (χ2v) is 4.58. The quantitative estimate of drug-likeness (QED) is 0.732. The summed E-state index contributed by atoms with van der Waals surface area (Å²) in [6.45, 7) is 0.